The first-order chi connectivity index (χ1) is 10.3. The number of benzene rings is 1. The van der Waals surface area contributed by atoms with Gasteiger partial charge < -0.3 is 21.3 Å². The first kappa shape index (κ1) is 17.9. The van der Waals surface area contributed by atoms with Crippen molar-refractivity contribution in [3.8, 4) is 11.8 Å². The third-order valence-corrected chi connectivity index (χ3v) is 2.96. The second-order valence-electron chi connectivity index (χ2n) is 5.39. The Hall–Kier alpha value is -2.20. The van der Waals surface area contributed by atoms with Crippen LogP contribution in [0.15, 0.2) is 24.3 Å². The van der Waals surface area contributed by atoms with Crippen LogP contribution in [0.4, 0.5) is 0 Å². The highest BCUT2D eigenvalue weighted by Crippen LogP contribution is 2.09. The van der Waals surface area contributed by atoms with E-state index in [2.05, 4.69) is 17.2 Å². The molecule has 1 amide bonds. The van der Waals surface area contributed by atoms with Gasteiger partial charge in [0.1, 0.15) is 19.3 Å². The van der Waals surface area contributed by atoms with Gasteiger partial charge in [0.05, 0.1) is 0 Å². The number of Topliss-reactive ketones (excluding diaryl/α,β-unsaturated/α-hetero) is 1. The standard InChI is InChI=1S/C16H20N2O4/c1-16(2,17)14(13(21)10-20)18-15(22)12-7-5-11(6-8-12)4-3-9-19/h5-8,14,19-20H,9-10,17H2,1-2H3,(H,18,22)/t14-/m1/s1. The Kier molecular flexibility index (Phi) is 6.25. The lowest BCUT2D eigenvalue weighted by Crippen LogP contribution is -2.59. The first-order valence-electron chi connectivity index (χ1n) is 6.72. The van der Waals surface area contributed by atoms with Crippen LogP contribution in [-0.2, 0) is 4.79 Å². The first-order valence-corrected chi connectivity index (χ1v) is 6.72. The highest BCUT2D eigenvalue weighted by atomic mass is 16.3. The zero-order valence-corrected chi connectivity index (χ0v) is 12.6. The van der Waals surface area contributed by atoms with Crippen LogP contribution in [0.25, 0.3) is 0 Å². The molecule has 0 aliphatic heterocycles. The van der Waals surface area contributed by atoms with Gasteiger partial charge in [-0.05, 0) is 38.1 Å². The van der Waals surface area contributed by atoms with E-state index in [1.165, 1.54) is 0 Å². The molecule has 0 spiro atoms. The molecular formula is C16H20N2O4. The van der Waals surface area contributed by atoms with Crippen LogP contribution in [0, 0.1) is 11.8 Å². The number of ketones is 1. The monoisotopic (exact) mass is 304 g/mol. The number of aliphatic hydroxyl groups is 2. The molecule has 0 aliphatic carbocycles. The number of nitrogens with one attached hydrogen (secondary N) is 1. The van der Waals surface area contributed by atoms with Crippen molar-refractivity contribution in [2.24, 2.45) is 5.73 Å². The molecule has 0 aromatic heterocycles. The van der Waals surface area contributed by atoms with E-state index in [0.29, 0.717) is 11.1 Å². The van der Waals surface area contributed by atoms with Gasteiger partial charge in [0.25, 0.3) is 5.91 Å². The molecular weight excluding hydrogens is 284 g/mol. The summed E-state index contributed by atoms with van der Waals surface area (Å²) in [4.78, 5) is 23.9. The molecule has 0 bridgehead atoms. The fourth-order valence-electron chi connectivity index (χ4n) is 1.83. The minimum Gasteiger partial charge on any atom is -0.388 e. The largest absolute Gasteiger partial charge is 0.388 e. The Morgan fingerprint density at radius 2 is 1.86 bits per heavy atom. The predicted molar refractivity (Wildman–Crippen MR) is 82.0 cm³/mol. The summed E-state index contributed by atoms with van der Waals surface area (Å²) in [5, 5.41) is 20.1. The van der Waals surface area contributed by atoms with Crippen molar-refractivity contribution in [3.05, 3.63) is 35.4 Å². The molecule has 0 radical (unpaired) electrons. The average molecular weight is 304 g/mol. The summed E-state index contributed by atoms with van der Waals surface area (Å²) in [7, 11) is 0. The number of hydrogen-bond acceptors (Lipinski definition) is 5. The van der Waals surface area contributed by atoms with Gasteiger partial charge in [0, 0.05) is 16.7 Å². The summed E-state index contributed by atoms with van der Waals surface area (Å²) in [6, 6.07) is 5.39. The van der Waals surface area contributed by atoms with Gasteiger partial charge in [0.2, 0.25) is 0 Å². The van der Waals surface area contributed by atoms with Gasteiger partial charge in [-0.2, -0.15) is 0 Å². The van der Waals surface area contributed by atoms with Crippen LogP contribution >= 0.6 is 0 Å². The normalized spacial score (nSPS) is 12.0. The van der Waals surface area contributed by atoms with E-state index in [4.69, 9.17) is 15.9 Å². The quantitative estimate of drug-likeness (QED) is 0.544. The van der Waals surface area contributed by atoms with Gasteiger partial charge in [-0.3, -0.25) is 9.59 Å². The smallest absolute Gasteiger partial charge is 0.251 e. The van der Waals surface area contributed by atoms with E-state index in [9.17, 15) is 9.59 Å². The molecule has 22 heavy (non-hydrogen) atoms. The van der Waals surface area contributed by atoms with Crippen molar-refractivity contribution in [1.82, 2.24) is 5.32 Å². The fourth-order valence-corrected chi connectivity index (χ4v) is 1.83. The Balaban J connectivity index is 2.88. The topological polar surface area (TPSA) is 113 Å². The highest BCUT2D eigenvalue weighted by Gasteiger charge is 2.32. The minimum atomic E-state index is -0.998. The Labute approximate surface area is 129 Å². The van der Waals surface area contributed by atoms with Gasteiger partial charge in [0.15, 0.2) is 5.78 Å². The van der Waals surface area contributed by atoms with Gasteiger partial charge in [-0.1, -0.05) is 11.8 Å². The molecule has 1 aromatic rings. The van der Waals surface area contributed by atoms with E-state index in [0.717, 1.165) is 0 Å². The average Bonchev–Trinajstić information content (AvgIpc) is 2.49. The molecule has 1 aromatic carbocycles. The van der Waals surface area contributed by atoms with Crippen LogP contribution in [0.5, 0.6) is 0 Å². The van der Waals surface area contributed by atoms with Crippen LogP contribution < -0.4 is 11.1 Å². The highest BCUT2D eigenvalue weighted by molar-refractivity contribution is 5.98. The minimum absolute atomic E-state index is 0.237. The molecule has 5 N–H and O–H groups in total. The second kappa shape index (κ2) is 7.71. The molecule has 0 heterocycles. The Bertz CT molecular complexity index is 591. The van der Waals surface area contributed by atoms with Crippen molar-refractivity contribution in [3.63, 3.8) is 0 Å². The predicted octanol–water partition coefficient (Wildman–Crippen LogP) is -0.572. The molecule has 1 atom stereocenters. The maximum absolute atomic E-state index is 12.2. The third kappa shape index (κ3) is 4.97. The Morgan fingerprint density at radius 3 is 2.32 bits per heavy atom. The molecule has 0 saturated heterocycles. The number of carbonyl (C=O) groups is 2. The van der Waals surface area contributed by atoms with Crippen molar-refractivity contribution < 1.29 is 19.8 Å². The molecule has 0 aliphatic rings. The lowest BCUT2D eigenvalue weighted by molar-refractivity contribution is -0.124. The summed E-state index contributed by atoms with van der Waals surface area (Å²) >= 11 is 0. The lowest BCUT2D eigenvalue weighted by Gasteiger charge is -2.29. The number of amides is 1. The van der Waals surface area contributed by atoms with E-state index in [-0.39, 0.29) is 6.61 Å². The molecule has 0 saturated carbocycles. The number of carbonyl (C=O) groups excluding carboxylic acids is 2. The molecule has 6 nitrogen and oxygen atoms in total. The van der Waals surface area contributed by atoms with Gasteiger partial charge in [-0.15, -0.1) is 0 Å². The molecule has 1 rings (SSSR count). The fraction of sp³-hybridized carbons (Fsp3) is 0.375. The van der Waals surface area contributed by atoms with Crippen LogP contribution in [-0.4, -0.2) is 46.7 Å². The van der Waals surface area contributed by atoms with Crippen LogP contribution in [0.3, 0.4) is 0 Å². The number of aliphatic hydroxyl groups excluding tert-OH is 2. The zero-order valence-electron chi connectivity index (χ0n) is 12.6. The Morgan fingerprint density at radius 1 is 1.27 bits per heavy atom. The van der Waals surface area contributed by atoms with E-state index >= 15 is 0 Å². The van der Waals surface area contributed by atoms with Crippen molar-refractivity contribution in [1.29, 1.82) is 0 Å². The van der Waals surface area contributed by atoms with Gasteiger partial charge >= 0.3 is 0 Å². The maximum atomic E-state index is 12.2. The molecule has 0 unspecified atom stereocenters. The second-order valence-corrected chi connectivity index (χ2v) is 5.39. The van der Waals surface area contributed by atoms with Crippen molar-refractivity contribution >= 4 is 11.7 Å². The number of nitrogens with two attached hydrogens (primary N) is 1. The zero-order chi connectivity index (χ0) is 16.8. The van der Waals surface area contributed by atoms with E-state index in [1.807, 2.05) is 0 Å². The molecule has 118 valence electrons. The van der Waals surface area contributed by atoms with Crippen LogP contribution in [0.2, 0.25) is 0 Å². The summed E-state index contributed by atoms with van der Waals surface area (Å²) in [6.07, 6.45) is 0. The SMILES string of the molecule is CC(C)(N)[C@H](NC(=O)c1ccc(C#CCO)cc1)C(=O)CO. The maximum Gasteiger partial charge on any atom is 0.251 e. The third-order valence-electron chi connectivity index (χ3n) is 2.96. The molecule has 6 heteroatoms. The lowest BCUT2D eigenvalue weighted by atomic mass is 9.92. The van der Waals surface area contributed by atoms with E-state index < -0.39 is 29.9 Å². The van der Waals surface area contributed by atoms with Crippen molar-refractivity contribution in [2.45, 2.75) is 25.4 Å². The van der Waals surface area contributed by atoms with Gasteiger partial charge in [-0.25, -0.2) is 0 Å². The summed E-state index contributed by atoms with van der Waals surface area (Å²) in [5.41, 5.74) is 5.88. The summed E-state index contributed by atoms with van der Waals surface area (Å²) in [5.74, 6) is 4.20. The summed E-state index contributed by atoms with van der Waals surface area (Å²) in [6.45, 7) is 2.26. The van der Waals surface area contributed by atoms with Crippen molar-refractivity contribution in [2.75, 3.05) is 13.2 Å². The van der Waals surface area contributed by atoms with Crippen LogP contribution in [0.1, 0.15) is 29.8 Å². The van der Waals surface area contributed by atoms with E-state index in [1.54, 1.807) is 38.1 Å². The number of rotatable bonds is 5. The summed E-state index contributed by atoms with van der Waals surface area (Å²) < 4.78 is 0. The molecule has 0 fully saturated rings. The number of hydrogen-bond donors (Lipinski definition) is 4.